The van der Waals surface area contributed by atoms with E-state index in [2.05, 4.69) is 4.74 Å². The Morgan fingerprint density at radius 3 is 2.80 bits per heavy atom. The normalized spacial score (nSPS) is 10.5. The van der Waals surface area contributed by atoms with Crippen LogP contribution in [0, 0.1) is 0 Å². The highest BCUT2D eigenvalue weighted by Gasteiger charge is 2.06. The average Bonchev–Trinajstić information content (AvgIpc) is 2.66. The molecule has 0 unspecified atom stereocenters. The fraction of sp³-hybridized carbons (Fsp3) is 0.200. The molecule has 0 bridgehead atoms. The van der Waals surface area contributed by atoms with Crippen LogP contribution in [0.3, 0.4) is 0 Å². The number of carboxylic acid groups (broad SMARTS) is 1. The molecule has 0 fully saturated rings. The number of methoxy groups -OCH3 is 1. The van der Waals surface area contributed by atoms with Crippen LogP contribution < -0.4 is 0 Å². The third kappa shape index (κ3) is 3.30. The fourth-order valence-corrected chi connectivity index (χ4v) is 0.912. The predicted molar refractivity (Wildman–Crippen MR) is 51.3 cm³/mol. The van der Waals surface area contributed by atoms with Gasteiger partial charge in [-0.15, -0.1) is 0 Å². The Hall–Kier alpha value is -2.04. The molecule has 0 saturated heterocycles. The first-order valence-electron chi connectivity index (χ1n) is 4.20. The summed E-state index contributed by atoms with van der Waals surface area (Å²) >= 11 is 0. The number of hydrogen-bond acceptors (Lipinski definition) is 4. The Balaban J connectivity index is 2.57. The van der Waals surface area contributed by atoms with Gasteiger partial charge >= 0.3 is 11.9 Å². The molecule has 0 atom stereocenters. The molecular weight excluding hydrogens is 200 g/mol. The van der Waals surface area contributed by atoms with Gasteiger partial charge in [-0.1, -0.05) is 6.08 Å². The molecule has 1 rings (SSSR count). The van der Waals surface area contributed by atoms with Crippen LogP contribution in [-0.4, -0.2) is 24.2 Å². The van der Waals surface area contributed by atoms with Gasteiger partial charge in [0, 0.05) is 0 Å². The third-order valence-corrected chi connectivity index (χ3v) is 1.63. The molecule has 1 aromatic heterocycles. The molecule has 0 saturated carbocycles. The standard InChI is InChI=1S/C10H10O5/c1-14-9(11)4-2-3-7-5-6-8(15-7)10(12)13/h2-3,5-6H,4H2,1H3,(H,12,13). The Morgan fingerprint density at radius 2 is 2.27 bits per heavy atom. The molecule has 1 aromatic rings. The summed E-state index contributed by atoms with van der Waals surface area (Å²) in [7, 11) is 1.30. The van der Waals surface area contributed by atoms with E-state index in [0.717, 1.165) is 0 Å². The van der Waals surface area contributed by atoms with E-state index in [9.17, 15) is 9.59 Å². The molecule has 1 N–H and O–H groups in total. The SMILES string of the molecule is COC(=O)CC=Cc1ccc(C(=O)O)o1. The number of furan rings is 1. The van der Waals surface area contributed by atoms with Crippen molar-refractivity contribution in [3.63, 3.8) is 0 Å². The van der Waals surface area contributed by atoms with Crippen LogP contribution in [-0.2, 0) is 9.53 Å². The van der Waals surface area contributed by atoms with Crippen molar-refractivity contribution in [2.24, 2.45) is 0 Å². The second-order valence-corrected chi connectivity index (χ2v) is 2.69. The minimum atomic E-state index is -1.12. The van der Waals surface area contributed by atoms with Crippen molar-refractivity contribution in [1.82, 2.24) is 0 Å². The fourth-order valence-electron chi connectivity index (χ4n) is 0.912. The van der Waals surface area contributed by atoms with Crippen molar-refractivity contribution >= 4 is 18.0 Å². The van der Waals surface area contributed by atoms with Crippen LogP contribution in [0.1, 0.15) is 22.7 Å². The molecule has 5 nitrogen and oxygen atoms in total. The maximum atomic E-state index is 10.7. The van der Waals surface area contributed by atoms with E-state index >= 15 is 0 Å². The van der Waals surface area contributed by atoms with Gasteiger partial charge in [-0.2, -0.15) is 0 Å². The van der Waals surface area contributed by atoms with E-state index < -0.39 is 5.97 Å². The van der Waals surface area contributed by atoms with Crippen molar-refractivity contribution in [3.05, 3.63) is 29.7 Å². The molecule has 0 aliphatic heterocycles. The van der Waals surface area contributed by atoms with Crippen LogP contribution in [0.4, 0.5) is 0 Å². The number of carbonyl (C=O) groups is 2. The van der Waals surface area contributed by atoms with E-state index in [1.54, 1.807) is 0 Å². The number of ether oxygens (including phenoxy) is 1. The van der Waals surface area contributed by atoms with Gasteiger partial charge < -0.3 is 14.3 Å². The molecule has 0 aliphatic carbocycles. The first-order chi connectivity index (χ1) is 7.13. The van der Waals surface area contributed by atoms with E-state index in [-0.39, 0.29) is 18.2 Å². The monoisotopic (exact) mass is 210 g/mol. The zero-order valence-corrected chi connectivity index (χ0v) is 8.10. The van der Waals surface area contributed by atoms with Gasteiger partial charge in [0.05, 0.1) is 13.5 Å². The second kappa shape index (κ2) is 4.99. The Labute approximate surface area is 86.0 Å². The van der Waals surface area contributed by atoms with Gasteiger partial charge in [-0.05, 0) is 18.2 Å². The van der Waals surface area contributed by atoms with Crippen LogP contribution in [0.2, 0.25) is 0 Å². The number of carbonyl (C=O) groups excluding carboxylic acids is 1. The molecule has 1 heterocycles. The summed E-state index contributed by atoms with van der Waals surface area (Å²) in [6.07, 6.45) is 3.18. The highest BCUT2D eigenvalue weighted by molar-refractivity contribution is 5.84. The highest BCUT2D eigenvalue weighted by atomic mass is 16.5. The summed E-state index contributed by atoms with van der Waals surface area (Å²) in [4.78, 5) is 21.2. The third-order valence-electron chi connectivity index (χ3n) is 1.63. The van der Waals surface area contributed by atoms with Crippen molar-refractivity contribution in [3.8, 4) is 0 Å². The molecule has 15 heavy (non-hydrogen) atoms. The lowest BCUT2D eigenvalue weighted by molar-refractivity contribution is -0.139. The van der Waals surface area contributed by atoms with Crippen LogP contribution in [0.5, 0.6) is 0 Å². The summed E-state index contributed by atoms with van der Waals surface area (Å²) in [5.74, 6) is -1.23. The summed E-state index contributed by atoms with van der Waals surface area (Å²) in [6.45, 7) is 0. The molecule has 0 aliphatic rings. The lowest BCUT2D eigenvalue weighted by atomic mass is 10.3. The zero-order valence-electron chi connectivity index (χ0n) is 8.10. The minimum absolute atomic E-state index is 0.125. The topological polar surface area (TPSA) is 76.7 Å². The van der Waals surface area contributed by atoms with E-state index in [1.807, 2.05) is 0 Å². The first-order valence-corrected chi connectivity index (χ1v) is 4.20. The minimum Gasteiger partial charge on any atom is -0.475 e. The van der Waals surface area contributed by atoms with E-state index in [0.29, 0.717) is 5.76 Å². The molecule has 80 valence electrons. The number of aromatic carboxylic acids is 1. The number of rotatable bonds is 4. The van der Waals surface area contributed by atoms with Crippen molar-refractivity contribution < 1.29 is 23.8 Å². The van der Waals surface area contributed by atoms with Gasteiger partial charge in [-0.25, -0.2) is 4.79 Å². The Bertz CT molecular complexity index is 388. The quantitative estimate of drug-likeness (QED) is 0.763. The largest absolute Gasteiger partial charge is 0.475 e. The van der Waals surface area contributed by atoms with Crippen LogP contribution >= 0.6 is 0 Å². The predicted octanol–water partition coefficient (Wildman–Crippen LogP) is 1.55. The molecule has 0 radical (unpaired) electrons. The molecular formula is C10H10O5. The van der Waals surface area contributed by atoms with Crippen LogP contribution in [0.25, 0.3) is 6.08 Å². The highest BCUT2D eigenvalue weighted by Crippen LogP contribution is 2.09. The summed E-state index contributed by atoms with van der Waals surface area (Å²) in [5.41, 5.74) is 0. The lowest BCUT2D eigenvalue weighted by Gasteiger charge is -1.91. The summed E-state index contributed by atoms with van der Waals surface area (Å²) < 4.78 is 9.34. The van der Waals surface area contributed by atoms with Gasteiger partial charge in [0.1, 0.15) is 5.76 Å². The first kappa shape index (κ1) is 11.0. The molecule has 0 amide bonds. The van der Waals surface area contributed by atoms with Crippen LogP contribution in [0.15, 0.2) is 22.6 Å². The van der Waals surface area contributed by atoms with Gasteiger partial charge in [0.15, 0.2) is 0 Å². The summed E-state index contributed by atoms with van der Waals surface area (Å²) in [5, 5.41) is 8.56. The number of esters is 1. The lowest BCUT2D eigenvalue weighted by Crippen LogP contribution is -1.96. The maximum absolute atomic E-state index is 10.7. The van der Waals surface area contributed by atoms with E-state index in [4.69, 9.17) is 9.52 Å². The van der Waals surface area contributed by atoms with Crippen molar-refractivity contribution in [1.29, 1.82) is 0 Å². The van der Waals surface area contributed by atoms with Gasteiger partial charge in [0.25, 0.3) is 0 Å². The number of hydrogen-bond donors (Lipinski definition) is 1. The molecule has 5 heteroatoms. The van der Waals surface area contributed by atoms with Gasteiger partial charge in [-0.3, -0.25) is 4.79 Å². The molecule has 0 spiro atoms. The summed E-state index contributed by atoms with van der Waals surface area (Å²) in [6, 6.07) is 2.86. The molecule has 0 aromatic carbocycles. The number of carboxylic acids is 1. The zero-order chi connectivity index (χ0) is 11.3. The van der Waals surface area contributed by atoms with E-state index in [1.165, 1.54) is 31.4 Å². The smallest absolute Gasteiger partial charge is 0.371 e. The van der Waals surface area contributed by atoms with Gasteiger partial charge in [0.2, 0.25) is 5.76 Å². The maximum Gasteiger partial charge on any atom is 0.371 e. The average molecular weight is 210 g/mol. The second-order valence-electron chi connectivity index (χ2n) is 2.69. The Kier molecular flexibility index (Phi) is 3.68. The van der Waals surface area contributed by atoms with Crippen molar-refractivity contribution in [2.45, 2.75) is 6.42 Å². The Morgan fingerprint density at radius 1 is 1.53 bits per heavy atom. The van der Waals surface area contributed by atoms with Crippen molar-refractivity contribution in [2.75, 3.05) is 7.11 Å².